The van der Waals surface area contributed by atoms with Crippen LogP contribution in [0.15, 0.2) is 42.6 Å². The highest BCUT2D eigenvalue weighted by atomic mass is 19.4. The molecule has 2 aromatic rings. The lowest BCUT2D eigenvalue weighted by Crippen LogP contribution is -2.45. The molecule has 0 bridgehead atoms. The van der Waals surface area contributed by atoms with Crippen LogP contribution in [-0.4, -0.2) is 40.1 Å². The number of hydrogen-bond acceptors (Lipinski definition) is 3. The standard InChI is InChI=1S/C20H21F3N2O2/c1-13-9-14(12-26)6-8-25(13)19(27)18-11-16(5-7-24-18)15-3-2-4-17(10-15)20(21,22)23/h2-5,7,10-11,13-14,26H,6,8-9,12H2,1H3/t13-,14-/m1/s1. The number of benzene rings is 1. The largest absolute Gasteiger partial charge is 0.416 e. The number of nitrogens with zero attached hydrogens (tertiary/aromatic N) is 2. The molecule has 1 aliphatic rings. The second-order valence-corrected chi connectivity index (χ2v) is 6.93. The third-order valence-electron chi connectivity index (χ3n) is 5.01. The van der Waals surface area contributed by atoms with E-state index in [4.69, 9.17) is 0 Å². The number of pyridine rings is 1. The van der Waals surface area contributed by atoms with Crippen molar-refractivity contribution in [1.82, 2.24) is 9.88 Å². The van der Waals surface area contributed by atoms with E-state index in [1.165, 1.54) is 18.3 Å². The number of rotatable bonds is 3. The zero-order valence-corrected chi connectivity index (χ0v) is 14.9. The molecule has 0 aliphatic carbocycles. The van der Waals surface area contributed by atoms with Gasteiger partial charge in [0.1, 0.15) is 5.69 Å². The molecule has 1 amide bonds. The number of aliphatic hydroxyl groups excluding tert-OH is 1. The van der Waals surface area contributed by atoms with Gasteiger partial charge in [-0.05, 0) is 61.1 Å². The van der Waals surface area contributed by atoms with Crippen LogP contribution >= 0.6 is 0 Å². The van der Waals surface area contributed by atoms with Crippen LogP contribution in [0, 0.1) is 5.92 Å². The fraction of sp³-hybridized carbons (Fsp3) is 0.400. The normalized spacial score (nSPS) is 20.6. The van der Waals surface area contributed by atoms with Gasteiger partial charge in [-0.15, -0.1) is 0 Å². The van der Waals surface area contributed by atoms with Crippen molar-refractivity contribution in [2.75, 3.05) is 13.2 Å². The Hall–Kier alpha value is -2.41. The maximum Gasteiger partial charge on any atom is 0.416 e. The summed E-state index contributed by atoms with van der Waals surface area (Å²) in [6, 6.07) is 8.11. The van der Waals surface area contributed by atoms with Crippen molar-refractivity contribution < 1.29 is 23.1 Å². The number of hydrogen-bond donors (Lipinski definition) is 1. The van der Waals surface area contributed by atoms with Crippen LogP contribution in [0.3, 0.4) is 0 Å². The second kappa shape index (κ2) is 7.68. The van der Waals surface area contributed by atoms with E-state index < -0.39 is 11.7 Å². The van der Waals surface area contributed by atoms with Crippen LogP contribution in [0.4, 0.5) is 13.2 Å². The third kappa shape index (κ3) is 4.30. The Bertz CT molecular complexity index is 823. The summed E-state index contributed by atoms with van der Waals surface area (Å²) in [5, 5.41) is 9.30. The maximum atomic E-state index is 12.9. The van der Waals surface area contributed by atoms with Gasteiger partial charge in [0.2, 0.25) is 0 Å². The van der Waals surface area contributed by atoms with E-state index in [0.29, 0.717) is 17.7 Å². The number of carbonyl (C=O) groups excluding carboxylic acids is 1. The van der Waals surface area contributed by atoms with Crippen molar-refractivity contribution in [1.29, 1.82) is 0 Å². The molecule has 1 fully saturated rings. The molecule has 1 N–H and O–H groups in total. The lowest BCUT2D eigenvalue weighted by Gasteiger charge is -2.37. The van der Waals surface area contributed by atoms with Gasteiger partial charge in [0, 0.05) is 25.4 Å². The van der Waals surface area contributed by atoms with Gasteiger partial charge >= 0.3 is 6.18 Å². The summed E-state index contributed by atoms with van der Waals surface area (Å²) in [6.45, 7) is 2.56. The van der Waals surface area contributed by atoms with E-state index in [1.807, 2.05) is 6.92 Å². The Morgan fingerprint density at radius 2 is 2.00 bits per heavy atom. The highest BCUT2D eigenvalue weighted by molar-refractivity contribution is 5.93. The van der Waals surface area contributed by atoms with Crippen molar-refractivity contribution in [3.63, 3.8) is 0 Å². The minimum Gasteiger partial charge on any atom is -0.396 e. The second-order valence-electron chi connectivity index (χ2n) is 6.93. The number of likely N-dealkylation sites (tertiary alicyclic amines) is 1. The predicted molar refractivity (Wildman–Crippen MR) is 95.0 cm³/mol. The summed E-state index contributed by atoms with van der Waals surface area (Å²) in [6.07, 6.45) is -1.54. The van der Waals surface area contributed by atoms with E-state index in [9.17, 15) is 23.1 Å². The highest BCUT2D eigenvalue weighted by Gasteiger charge is 2.31. The van der Waals surface area contributed by atoms with Gasteiger partial charge in [-0.1, -0.05) is 12.1 Å². The van der Waals surface area contributed by atoms with Gasteiger partial charge in [-0.25, -0.2) is 0 Å². The summed E-state index contributed by atoms with van der Waals surface area (Å²) in [4.78, 5) is 18.7. The van der Waals surface area contributed by atoms with Gasteiger partial charge in [-0.3, -0.25) is 9.78 Å². The molecule has 0 radical (unpaired) electrons. The average molecular weight is 378 g/mol. The zero-order chi connectivity index (χ0) is 19.6. The molecule has 144 valence electrons. The van der Waals surface area contributed by atoms with E-state index >= 15 is 0 Å². The lowest BCUT2D eigenvalue weighted by molar-refractivity contribution is -0.137. The van der Waals surface area contributed by atoms with E-state index in [1.54, 1.807) is 17.0 Å². The first-order valence-corrected chi connectivity index (χ1v) is 8.85. The number of amides is 1. The number of aliphatic hydroxyl groups is 1. The molecule has 7 heteroatoms. The van der Waals surface area contributed by atoms with E-state index in [0.717, 1.165) is 25.0 Å². The van der Waals surface area contributed by atoms with E-state index in [2.05, 4.69) is 4.98 Å². The van der Waals surface area contributed by atoms with Gasteiger partial charge in [0.15, 0.2) is 0 Å². The van der Waals surface area contributed by atoms with Crippen molar-refractivity contribution in [3.8, 4) is 11.1 Å². The molecule has 1 saturated heterocycles. The van der Waals surface area contributed by atoms with Crippen LogP contribution in [0.2, 0.25) is 0 Å². The van der Waals surface area contributed by atoms with Crippen LogP contribution in [0.1, 0.15) is 35.8 Å². The molecule has 2 atom stereocenters. The summed E-state index contributed by atoms with van der Waals surface area (Å²) in [5.41, 5.74) is 0.370. The molecule has 1 aliphatic heterocycles. The van der Waals surface area contributed by atoms with Gasteiger partial charge in [0.25, 0.3) is 5.91 Å². The van der Waals surface area contributed by atoms with Crippen molar-refractivity contribution >= 4 is 5.91 Å². The first-order valence-electron chi connectivity index (χ1n) is 8.85. The Morgan fingerprint density at radius 1 is 1.26 bits per heavy atom. The molecule has 0 unspecified atom stereocenters. The van der Waals surface area contributed by atoms with Gasteiger partial charge in [0.05, 0.1) is 5.56 Å². The molecule has 1 aromatic carbocycles. The predicted octanol–water partition coefficient (Wildman–Crippen LogP) is 4.00. The van der Waals surface area contributed by atoms with Gasteiger partial charge in [-0.2, -0.15) is 13.2 Å². The fourth-order valence-corrected chi connectivity index (χ4v) is 3.49. The Balaban J connectivity index is 1.85. The van der Waals surface area contributed by atoms with Crippen LogP contribution in [0.25, 0.3) is 11.1 Å². The molecule has 3 rings (SSSR count). The highest BCUT2D eigenvalue weighted by Crippen LogP contribution is 2.32. The van der Waals surface area contributed by atoms with E-state index in [-0.39, 0.29) is 30.2 Å². The fourth-order valence-electron chi connectivity index (χ4n) is 3.49. The Morgan fingerprint density at radius 3 is 2.67 bits per heavy atom. The Kier molecular flexibility index (Phi) is 5.51. The lowest BCUT2D eigenvalue weighted by atomic mass is 9.92. The number of halogens is 3. The number of piperidine rings is 1. The SMILES string of the molecule is C[C@@H]1C[C@H](CO)CCN1C(=O)c1cc(-c2cccc(C(F)(F)F)c2)ccn1. The number of aromatic nitrogens is 1. The zero-order valence-electron chi connectivity index (χ0n) is 14.9. The quantitative estimate of drug-likeness (QED) is 0.878. The summed E-state index contributed by atoms with van der Waals surface area (Å²) >= 11 is 0. The average Bonchev–Trinajstić information content (AvgIpc) is 2.67. The summed E-state index contributed by atoms with van der Waals surface area (Å²) in [5.74, 6) is -0.0545. The van der Waals surface area contributed by atoms with Crippen LogP contribution in [-0.2, 0) is 6.18 Å². The number of alkyl halides is 3. The summed E-state index contributed by atoms with van der Waals surface area (Å²) in [7, 11) is 0. The molecular formula is C20H21F3N2O2. The molecule has 1 aromatic heterocycles. The third-order valence-corrected chi connectivity index (χ3v) is 5.01. The molecule has 0 spiro atoms. The molecular weight excluding hydrogens is 357 g/mol. The minimum atomic E-state index is -4.42. The first-order chi connectivity index (χ1) is 12.8. The van der Waals surface area contributed by atoms with Crippen molar-refractivity contribution in [3.05, 3.63) is 53.9 Å². The molecule has 2 heterocycles. The topological polar surface area (TPSA) is 53.4 Å². The molecule has 4 nitrogen and oxygen atoms in total. The molecule has 0 saturated carbocycles. The molecule has 27 heavy (non-hydrogen) atoms. The summed E-state index contributed by atoms with van der Waals surface area (Å²) < 4.78 is 38.8. The Labute approximate surface area is 155 Å². The van der Waals surface area contributed by atoms with Crippen LogP contribution in [0.5, 0.6) is 0 Å². The van der Waals surface area contributed by atoms with Gasteiger partial charge < -0.3 is 10.0 Å². The maximum absolute atomic E-state index is 12.9. The first kappa shape index (κ1) is 19.4. The van der Waals surface area contributed by atoms with Crippen molar-refractivity contribution in [2.24, 2.45) is 5.92 Å². The minimum absolute atomic E-state index is 0.0255. The number of carbonyl (C=O) groups is 1. The monoisotopic (exact) mass is 378 g/mol. The van der Waals surface area contributed by atoms with Crippen LogP contribution < -0.4 is 0 Å². The smallest absolute Gasteiger partial charge is 0.396 e. The van der Waals surface area contributed by atoms with Crippen molar-refractivity contribution in [2.45, 2.75) is 32.0 Å².